The zero-order valence-corrected chi connectivity index (χ0v) is 14.2. The Hall–Kier alpha value is -0.670. The lowest BCUT2D eigenvalue weighted by Crippen LogP contribution is -2.55. The first-order chi connectivity index (χ1) is 10.6. The van der Waals surface area contributed by atoms with E-state index < -0.39 is 24.4 Å². The molecular weight excluding hydrogens is 353 g/mol. The molecule has 0 N–H and O–H groups in total. The van der Waals surface area contributed by atoms with Crippen LogP contribution >= 0.6 is 0 Å². The Morgan fingerprint density at radius 2 is 1.00 bits per heavy atom. The van der Waals surface area contributed by atoms with E-state index in [1.807, 2.05) is 0 Å². The fourth-order valence-corrected chi connectivity index (χ4v) is 2.28. The van der Waals surface area contributed by atoms with Crippen molar-refractivity contribution in [2.24, 2.45) is 0 Å². The molecule has 0 radical (unpaired) electrons. The number of hydrogen-bond acceptors (Lipinski definition) is 0. The average Bonchev–Trinajstić information content (AvgIpc) is 2.38. The molecule has 0 bridgehead atoms. The van der Waals surface area contributed by atoms with Gasteiger partial charge in [-0.25, -0.2) is 8.78 Å². The van der Waals surface area contributed by atoms with Crippen LogP contribution in [0.2, 0.25) is 0 Å². The van der Waals surface area contributed by atoms with Crippen molar-refractivity contribution >= 4 is 0 Å². The van der Waals surface area contributed by atoms with Crippen molar-refractivity contribution < 1.29 is 44.0 Å². The fourth-order valence-electron chi connectivity index (χ4n) is 2.28. The molecule has 1 nitrogen and oxygen atoms in total. The summed E-state index contributed by atoms with van der Waals surface area (Å²) in [5.74, 6) is -13.1. The predicted octanol–water partition coefficient (Wildman–Crippen LogP) is 5.75. The average molecular weight is 378 g/mol. The van der Waals surface area contributed by atoms with E-state index in [1.54, 1.807) is 0 Å². The van der Waals surface area contributed by atoms with E-state index in [9.17, 15) is 39.5 Å². The Kier molecular flexibility index (Phi) is 10.4. The molecule has 148 valence electrons. The lowest BCUT2D eigenvalue weighted by atomic mass is 10.2. The molecule has 0 heterocycles. The van der Waals surface area contributed by atoms with E-state index in [0.29, 0.717) is 0 Å². The first-order valence-electron chi connectivity index (χ1n) is 7.57. The Morgan fingerprint density at radius 3 is 1.12 bits per heavy atom. The standard InChI is InChI=1S/C10H24N.C4HF9/c1-5-8-11(4,9-6-2)10-7-3;5-1(6)2(7,8)3(9,10)4(11,12)13/h5-10H2,1-4H3;1H/q+1;. The summed E-state index contributed by atoms with van der Waals surface area (Å²) >= 11 is 0. The van der Waals surface area contributed by atoms with Gasteiger partial charge in [0, 0.05) is 0 Å². The molecular formula is C14H25F9N+. The van der Waals surface area contributed by atoms with Gasteiger partial charge in [0.15, 0.2) is 0 Å². The molecule has 0 aliphatic carbocycles. The van der Waals surface area contributed by atoms with Crippen LogP contribution in [0.3, 0.4) is 0 Å². The molecule has 0 aliphatic heterocycles. The second-order valence-electron chi connectivity index (χ2n) is 5.79. The maximum absolute atomic E-state index is 11.6. The molecule has 0 saturated heterocycles. The molecule has 0 unspecified atom stereocenters. The molecule has 0 amide bonds. The van der Waals surface area contributed by atoms with Crippen molar-refractivity contribution in [3.63, 3.8) is 0 Å². The summed E-state index contributed by atoms with van der Waals surface area (Å²) in [5.41, 5.74) is 0. The van der Waals surface area contributed by atoms with Gasteiger partial charge in [0.25, 0.3) is 0 Å². The van der Waals surface area contributed by atoms with Gasteiger partial charge in [-0.3, -0.25) is 0 Å². The van der Waals surface area contributed by atoms with Gasteiger partial charge in [0.2, 0.25) is 0 Å². The highest BCUT2D eigenvalue weighted by Crippen LogP contribution is 2.48. The number of quaternary nitrogens is 1. The number of alkyl halides is 9. The van der Waals surface area contributed by atoms with Crippen molar-refractivity contribution in [3.8, 4) is 0 Å². The van der Waals surface area contributed by atoms with Crippen LogP contribution in [-0.4, -0.2) is 55.6 Å². The summed E-state index contributed by atoms with van der Waals surface area (Å²) < 4.78 is 103. The van der Waals surface area contributed by atoms with E-state index in [4.69, 9.17) is 0 Å². The quantitative estimate of drug-likeness (QED) is 0.373. The third-order valence-corrected chi connectivity index (χ3v) is 3.34. The van der Waals surface area contributed by atoms with E-state index in [-0.39, 0.29) is 0 Å². The first-order valence-corrected chi connectivity index (χ1v) is 7.57. The molecule has 0 aromatic heterocycles. The second-order valence-corrected chi connectivity index (χ2v) is 5.79. The largest absolute Gasteiger partial charge is 0.460 e. The van der Waals surface area contributed by atoms with Crippen LogP contribution in [0.5, 0.6) is 0 Å². The zero-order valence-electron chi connectivity index (χ0n) is 14.2. The van der Waals surface area contributed by atoms with Crippen molar-refractivity contribution in [1.82, 2.24) is 0 Å². The van der Waals surface area contributed by atoms with E-state index >= 15 is 0 Å². The Morgan fingerprint density at radius 1 is 0.708 bits per heavy atom. The minimum Gasteiger partial charge on any atom is -0.326 e. The minimum atomic E-state index is -6.73. The van der Waals surface area contributed by atoms with Gasteiger partial charge in [-0.05, 0) is 19.3 Å². The van der Waals surface area contributed by atoms with Gasteiger partial charge < -0.3 is 4.48 Å². The van der Waals surface area contributed by atoms with Gasteiger partial charge in [-0.15, -0.1) is 0 Å². The maximum Gasteiger partial charge on any atom is 0.460 e. The summed E-state index contributed by atoms with van der Waals surface area (Å²) in [6.45, 7) is 10.9. The summed E-state index contributed by atoms with van der Waals surface area (Å²) in [5, 5.41) is 0. The van der Waals surface area contributed by atoms with Crippen LogP contribution in [0.4, 0.5) is 39.5 Å². The third-order valence-electron chi connectivity index (χ3n) is 3.34. The summed E-state index contributed by atoms with van der Waals surface area (Å²) in [4.78, 5) is 0. The molecule has 0 spiro atoms. The molecule has 10 heteroatoms. The van der Waals surface area contributed by atoms with Crippen LogP contribution in [0.1, 0.15) is 40.0 Å². The number of nitrogens with zero attached hydrogens (tertiary/aromatic N) is 1. The molecule has 0 aromatic carbocycles. The summed E-state index contributed by atoms with van der Waals surface area (Å²) in [6.07, 6.45) is -7.83. The van der Waals surface area contributed by atoms with Gasteiger partial charge in [-0.2, -0.15) is 30.7 Å². The molecule has 0 aliphatic rings. The molecule has 0 fully saturated rings. The highest BCUT2D eigenvalue weighted by atomic mass is 19.4. The number of halogens is 9. The Balaban J connectivity index is 0. The molecule has 0 atom stereocenters. The van der Waals surface area contributed by atoms with E-state index in [2.05, 4.69) is 27.8 Å². The predicted molar refractivity (Wildman–Crippen MR) is 73.6 cm³/mol. The maximum atomic E-state index is 11.6. The lowest BCUT2D eigenvalue weighted by molar-refractivity contribution is -0.909. The zero-order chi connectivity index (χ0) is 19.8. The molecule has 24 heavy (non-hydrogen) atoms. The van der Waals surface area contributed by atoms with Crippen molar-refractivity contribution in [1.29, 1.82) is 0 Å². The van der Waals surface area contributed by atoms with Crippen molar-refractivity contribution in [2.45, 2.75) is 64.5 Å². The number of hydrogen-bond donors (Lipinski definition) is 0. The van der Waals surface area contributed by atoms with Crippen molar-refractivity contribution in [2.75, 3.05) is 26.7 Å². The molecule has 0 saturated carbocycles. The van der Waals surface area contributed by atoms with E-state index in [0.717, 1.165) is 0 Å². The fraction of sp³-hybridized carbons (Fsp3) is 1.00. The summed E-state index contributed by atoms with van der Waals surface area (Å²) in [7, 11) is 2.39. The molecule has 0 rings (SSSR count). The topological polar surface area (TPSA) is 0 Å². The van der Waals surface area contributed by atoms with Gasteiger partial charge in [0.1, 0.15) is 0 Å². The van der Waals surface area contributed by atoms with E-state index in [1.165, 1.54) is 43.4 Å². The SMILES string of the molecule is CCC[N+](C)(CCC)CCC.FC(F)C(F)(F)C(F)(F)C(F)(F)F. The van der Waals surface area contributed by atoms with Crippen LogP contribution in [0.25, 0.3) is 0 Å². The van der Waals surface area contributed by atoms with Gasteiger partial charge >= 0.3 is 24.4 Å². The Bertz CT molecular complexity index is 323. The smallest absolute Gasteiger partial charge is 0.326 e. The summed E-state index contributed by atoms with van der Waals surface area (Å²) in [6, 6.07) is 0. The Labute approximate surface area is 136 Å². The molecule has 0 aromatic rings. The monoisotopic (exact) mass is 378 g/mol. The second kappa shape index (κ2) is 9.72. The highest BCUT2D eigenvalue weighted by molar-refractivity contribution is 4.92. The highest BCUT2D eigenvalue weighted by Gasteiger charge is 2.76. The van der Waals surface area contributed by atoms with Gasteiger partial charge in [-0.1, -0.05) is 20.8 Å². The van der Waals surface area contributed by atoms with Crippen molar-refractivity contribution in [3.05, 3.63) is 0 Å². The normalized spacial score (nSPS) is 13.8. The van der Waals surface area contributed by atoms with Gasteiger partial charge in [0.05, 0.1) is 26.7 Å². The van der Waals surface area contributed by atoms with Crippen LogP contribution in [0, 0.1) is 0 Å². The van der Waals surface area contributed by atoms with Crippen LogP contribution < -0.4 is 0 Å². The number of rotatable bonds is 8. The lowest BCUT2D eigenvalue weighted by Gasteiger charge is -2.33. The van der Waals surface area contributed by atoms with Crippen LogP contribution in [0.15, 0.2) is 0 Å². The minimum absolute atomic E-state index is 1.28. The van der Waals surface area contributed by atoms with Crippen LogP contribution in [-0.2, 0) is 0 Å². The first kappa shape index (κ1) is 25.6. The third kappa shape index (κ3) is 7.06.